The van der Waals surface area contributed by atoms with Crippen LogP contribution in [0.25, 0.3) is 0 Å². The van der Waals surface area contributed by atoms with Gasteiger partial charge in [-0.3, -0.25) is 4.90 Å². The standard InChI is InChI=1S/C19H20N2/c1-15-19(16-8-3-2-4-9-16)18-11-6-5-10-17(18)14-21(15)13-7-12-20/h2-6,8-11,15,19H,7,13-14H2,1H3/t15-,19+/m1/s1. The van der Waals surface area contributed by atoms with Gasteiger partial charge in [-0.2, -0.15) is 5.26 Å². The molecule has 0 aliphatic carbocycles. The number of hydrogen-bond acceptors (Lipinski definition) is 2. The topological polar surface area (TPSA) is 27.0 Å². The lowest BCUT2D eigenvalue weighted by Gasteiger charge is -2.41. The van der Waals surface area contributed by atoms with Crippen molar-refractivity contribution in [2.75, 3.05) is 6.54 Å². The first-order valence-electron chi connectivity index (χ1n) is 7.55. The predicted octanol–water partition coefficient (Wildman–Crippen LogP) is 3.94. The van der Waals surface area contributed by atoms with Crippen molar-refractivity contribution >= 4 is 0 Å². The Kier molecular flexibility index (Phi) is 4.03. The molecule has 1 aliphatic heterocycles. The fourth-order valence-corrected chi connectivity index (χ4v) is 3.41. The van der Waals surface area contributed by atoms with E-state index in [0.29, 0.717) is 18.4 Å². The van der Waals surface area contributed by atoms with E-state index in [0.717, 1.165) is 13.1 Å². The zero-order valence-electron chi connectivity index (χ0n) is 12.4. The minimum absolute atomic E-state index is 0.384. The molecule has 0 aromatic heterocycles. The fraction of sp³-hybridized carbons (Fsp3) is 0.316. The lowest BCUT2D eigenvalue weighted by Crippen LogP contribution is -2.42. The highest BCUT2D eigenvalue weighted by Crippen LogP contribution is 2.37. The Balaban J connectivity index is 2.01. The van der Waals surface area contributed by atoms with Crippen molar-refractivity contribution in [3.8, 4) is 6.07 Å². The fourth-order valence-electron chi connectivity index (χ4n) is 3.41. The van der Waals surface area contributed by atoms with E-state index >= 15 is 0 Å². The summed E-state index contributed by atoms with van der Waals surface area (Å²) in [6.07, 6.45) is 0.591. The van der Waals surface area contributed by atoms with Gasteiger partial charge in [-0.25, -0.2) is 0 Å². The van der Waals surface area contributed by atoms with Crippen LogP contribution < -0.4 is 0 Å². The third-order valence-electron chi connectivity index (χ3n) is 4.49. The van der Waals surface area contributed by atoms with E-state index in [1.807, 2.05) is 0 Å². The first-order valence-corrected chi connectivity index (χ1v) is 7.55. The summed E-state index contributed by atoms with van der Waals surface area (Å²) in [6.45, 7) is 4.07. The van der Waals surface area contributed by atoms with Crippen LogP contribution in [0.15, 0.2) is 54.6 Å². The molecular weight excluding hydrogens is 256 g/mol. The molecule has 1 heterocycles. The highest BCUT2D eigenvalue weighted by atomic mass is 15.2. The molecule has 3 rings (SSSR count). The van der Waals surface area contributed by atoms with Gasteiger partial charge in [0.1, 0.15) is 0 Å². The van der Waals surface area contributed by atoms with Crippen molar-refractivity contribution in [3.05, 3.63) is 71.3 Å². The molecule has 106 valence electrons. The van der Waals surface area contributed by atoms with Crippen LogP contribution in [0.3, 0.4) is 0 Å². The van der Waals surface area contributed by atoms with Crippen LogP contribution in [-0.4, -0.2) is 17.5 Å². The largest absolute Gasteiger partial charge is 0.294 e. The third-order valence-corrected chi connectivity index (χ3v) is 4.49. The van der Waals surface area contributed by atoms with Crippen molar-refractivity contribution in [1.82, 2.24) is 4.90 Å². The zero-order chi connectivity index (χ0) is 14.7. The van der Waals surface area contributed by atoms with E-state index in [2.05, 4.69) is 72.5 Å². The number of nitriles is 1. The normalized spacial score (nSPS) is 21.5. The summed E-state index contributed by atoms with van der Waals surface area (Å²) in [5.41, 5.74) is 4.19. The number of hydrogen-bond donors (Lipinski definition) is 0. The molecule has 0 bridgehead atoms. The molecule has 0 saturated heterocycles. The Morgan fingerprint density at radius 1 is 1.10 bits per heavy atom. The summed E-state index contributed by atoms with van der Waals surface area (Å²) in [5, 5.41) is 8.88. The van der Waals surface area contributed by atoms with E-state index in [1.54, 1.807) is 0 Å². The Hall–Kier alpha value is -2.11. The van der Waals surface area contributed by atoms with Gasteiger partial charge in [0.15, 0.2) is 0 Å². The minimum atomic E-state index is 0.384. The van der Waals surface area contributed by atoms with Crippen molar-refractivity contribution in [2.24, 2.45) is 0 Å². The van der Waals surface area contributed by atoms with Gasteiger partial charge in [0.05, 0.1) is 6.07 Å². The zero-order valence-corrected chi connectivity index (χ0v) is 12.4. The Bertz CT molecular complexity index is 642. The average Bonchev–Trinajstić information content (AvgIpc) is 2.54. The molecule has 2 atom stereocenters. The maximum absolute atomic E-state index is 8.88. The van der Waals surface area contributed by atoms with Crippen LogP contribution in [0, 0.1) is 11.3 Å². The second-order valence-corrected chi connectivity index (χ2v) is 5.71. The van der Waals surface area contributed by atoms with E-state index in [9.17, 15) is 0 Å². The first-order chi connectivity index (χ1) is 10.3. The SMILES string of the molecule is C[C@@H]1[C@@H](c2ccccc2)c2ccccc2CN1CCC#N. The molecule has 2 aromatic carbocycles. The number of rotatable bonds is 3. The van der Waals surface area contributed by atoms with E-state index < -0.39 is 0 Å². The van der Waals surface area contributed by atoms with Gasteiger partial charge in [0, 0.05) is 31.5 Å². The van der Waals surface area contributed by atoms with Crippen LogP contribution in [0.1, 0.15) is 36.0 Å². The molecule has 2 heteroatoms. The molecule has 2 aromatic rings. The van der Waals surface area contributed by atoms with E-state index in [1.165, 1.54) is 16.7 Å². The number of nitrogens with zero attached hydrogens (tertiary/aromatic N) is 2. The summed E-state index contributed by atoms with van der Waals surface area (Å²) < 4.78 is 0. The van der Waals surface area contributed by atoms with Crippen LogP contribution in [0.4, 0.5) is 0 Å². The van der Waals surface area contributed by atoms with Gasteiger partial charge in [0.25, 0.3) is 0 Å². The molecule has 0 amide bonds. The quantitative estimate of drug-likeness (QED) is 0.849. The molecule has 21 heavy (non-hydrogen) atoms. The van der Waals surface area contributed by atoms with E-state index in [-0.39, 0.29) is 0 Å². The summed E-state index contributed by atoms with van der Waals surface area (Å²) in [5.74, 6) is 0.384. The van der Waals surface area contributed by atoms with Crippen molar-refractivity contribution in [2.45, 2.75) is 31.8 Å². The Morgan fingerprint density at radius 3 is 2.57 bits per heavy atom. The smallest absolute Gasteiger partial charge is 0.0635 e. The average molecular weight is 276 g/mol. The molecule has 1 aliphatic rings. The predicted molar refractivity (Wildman–Crippen MR) is 84.8 cm³/mol. The Labute approximate surface area is 126 Å². The second-order valence-electron chi connectivity index (χ2n) is 5.71. The van der Waals surface area contributed by atoms with Crippen LogP contribution in [0.2, 0.25) is 0 Å². The highest BCUT2D eigenvalue weighted by molar-refractivity contribution is 5.41. The molecule has 0 spiro atoms. The molecule has 0 saturated carbocycles. The number of fused-ring (bicyclic) bond motifs is 1. The van der Waals surface area contributed by atoms with Crippen LogP contribution in [-0.2, 0) is 6.54 Å². The molecule has 0 unspecified atom stereocenters. The van der Waals surface area contributed by atoms with Crippen LogP contribution in [0.5, 0.6) is 0 Å². The Morgan fingerprint density at radius 2 is 1.81 bits per heavy atom. The maximum atomic E-state index is 8.88. The highest BCUT2D eigenvalue weighted by Gasteiger charge is 2.32. The third kappa shape index (κ3) is 2.70. The van der Waals surface area contributed by atoms with Gasteiger partial charge in [0.2, 0.25) is 0 Å². The molecular formula is C19H20N2. The van der Waals surface area contributed by atoms with Crippen molar-refractivity contribution in [3.63, 3.8) is 0 Å². The van der Waals surface area contributed by atoms with Gasteiger partial charge in [-0.15, -0.1) is 0 Å². The van der Waals surface area contributed by atoms with Gasteiger partial charge in [-0.05, 0) is 23.6 Å². The molecule has 2 nitrogen and oxygen atoms in total. The first kappa shape index (κ1) is 13.9. The summed E-state index contributed by atoms with van der Waals surface area (Å²) in [7, 11) is 0. The lowest BCUT2D eigenvalue weighted by molar-refractivity contribution is 0.172. The monoisotopic (exact) mass is 276 g/mol. The summed E-state index contributed by atoms with van der Waals surface area (Å²) >= 11 is 0. The molecule has 0 fully saturated rings. The molecule has 0 radical (unpaired) electrons. The van der Waals surface area contributed by atoms with E-state index in [4.69, 9.17) is 5.26 Å². The second kappa shape index (κ2) is 6.11. The van der Waals surface area contributed by atoms with Crippen molar-refractivity contribution < 1.29 is 0 Å². The summed E-state index contributed by atoms with van der Waals surface area (Å²) in [6, 6.07) is 22.1. The van der Waals surface area contributed by atoms with Gasteiger partial charge in [-0.1, -0.05) is 54.6 Å². The minimum Gasteiger partial charge on any atom is -0.294 e. The molecule has 0 N–H and O–H groups in total. The van der Waals surface area contributed by atoms with Gasteiger partial charge < -0.3 is 0 Å². The maximum Gasteiger partial charge on any atom is 0.0635 e. The van der Waals surface area contributed by atoms with Gasteiger partial charge >= 0.3 is 0 Å². The number of benzene rings is 2. The summed E-state index contributed by atoms with van der Waals surface area (Å²) in [4.78, 5) is 2.43. The van der Waals surface area contributed by atoms with Crippen LogP contribution >= 0.6 is 0 Å². The van der Waals surface area contributed by atoms with Crippen molar-refractivity contribution in [1.29, 1.82) is 5.26 Å². The lowest BCUT2D eigenvalue weighted by atomic mass is 9.79.